The SMILES string of the molecule is CCNC(=NCCCOCC1CC1)N1CCN(c2ncccn2)CC1. The summed E-state index contributed by atoms with van der Waals surface area (Å²) in [5, 5.41) is 3.41. The number of nitrogens with one attached hydrogen (secondary N) is 1. The van der Waals surface area contributed by atoms with Gasteiger partial charge in [0.2, 0.25) is 5.95 Å². The van der Waals surface area contributed by atoms with Crippen LogP contribution in [0.1, 0.15) is 26.2 Å². The van der Waals surface area contributed by atoms with Gasteiger partial charge in [-0.2, -0.15) is 0 Å². The first-order chi connectivity index (χ1) is 12.4. The van der Waals surface area contributed by atoms with Gasteiger partial charge in [0.1, 0.15) is 0 Å². The first kappa shape index (κ1) is 17.9. The zero-order chi connectivity index (χ0) is 17.3. The number of piperazine rings is 1. The van der Waals surface area contributed by atoms with Crippen LogP contribution in [0.2, 0.25) is 0 Å². The van der Waals surface area contributed by atoms with E-state index in [2.05, 4.69) is 32.0 Å². The van der Waals surface area contributed by atoms with Crippen molar-refractivity contribution in [3.8, 4) is 0 Å². The molecule has 1 saturated heterocycles. The van der Waals surface area contributed by atoms with Gasteiger partial charge in [-0.1, -0.05) is 0 Å². The maximum absolute atomic E-state index is 5.68. The molecule has 1 saturated carbocycles. The molecule has 1 aromatic heterocycles. The average molecular weight is 346 g/mol. The minimum Gasteiger partial charge on any atom is -0.381 e. The van der Waals surface area contributed by atoms with Crippen LogP contribution < -0.4 is 10.2 Å². The molecule has 1 aliphatic heterocycles. The second-order valence-electron chi connectivity index (χ2n) is 6.63. The van der Waals surface area contributed by atoms with Crippen molar-refractivity contribution in [3.05, 3.63) is 18.5 Å². The molecule has 2 heterocycles. The van der Waals surface area contributed by atoms with E-state index in [1.54, 1.807) is 12.4 Å². The molecule has 1 N–H and O–H groups in total. The lowest BCUT2D eigenvalue weighted by Crippen LogP contribution is -2.53. The molecule has 1 aromatic rings. The fourth-order valence-corrected chi connectivity index (χ4v) is 2.88. The van der Waals surface area contributed by atoms with Gasteiger partial charge in [-0.15, -0.1) is 0 Å². The number of nitrogens with zero attached hydrogens (tertiary/aromatic N) is 5. The normalized spacial score (nSPS) is 18.5. The lowest BCUT2D eigenvalue weighted by molar-refractivity contribution is 0.123. The molecular formula is C18H30N6O. The summed E-state index contributed by atoms with van der Waals surface area (Å²) in [5.74, 6) is 2.67. The van der Waals surface area contributed by atoms with Crippen molar-refractivity contribution in [1.82, 2.24) is 20.2 Å². The average Bonchev–Trinajstić information content (AvgIpc) is 3.49. The molecule has 2 aliphatic rings. The Hall–Kier alpha value is -1.89. The second-order valence-corrected chi connectivity index (χ2v) is 6.63. The topological polar surface area (TPSA) is 65.9 Å². The number of guanidine groups is 1. The highest BCUT2D eigenvalue weighted by atomic mass is 16.5. The number of ether oxygens (including phenoxy) is 1. The van der Waals surface area contributed by atoms with E-state index < -0.39 is 0 Å². The van der Waals surface area contributed by atoms with Gasteiger partial charge in [0, 0.05) is 64.9 Å². The zero-order valence-electron chi connectivity index (χ0n) is 15.2. The first-order valence-corrected chi connectivity index (χ1v) is 9.49. The molecule has 0 spiro atoms. The number of hydrogen-bond acceptors (Lipinski definition) is 5. The van der Waals surface area contributed by atoms with E-state index in [1.807, 2.05) is 6.07 Å². The van der Waals surface area contributed by atoms with Gasteiger partial charge in [-0.25, -0.2) is 9.97 Å². The smallest absolute Gasteiger partial charge is 0.225 e. The fourth-order valence-electron chi connectivity index (χ4n) is 2.88. The standard InChI is InChI=1S/C18H30N6O/c1-2-19-17(22-9-4-14-25-15-16-5-6-16)23-10-12-24(13-11-23)18-20-7-3-8-21-18/h3,7-8,16H,2,4-6,9-15H2,1H3,(H,19,22). The Bertz CT molecular complexity index is 526. The van der Waals surface area contributed by atoms with Crippen LogP contribution in [0.25, 0.3) is 0 Å². The van der Waals surface area contributed by atoms with Crippen molar-refractivity contribution < 1.29 is 4.74 Å². The van der Waals surface area contributed by atoms with Crippen molar-refractivity contribution in [1.29, 1.82) is 0 Å². The summed E-state index contributed by atoms with van der Waals surface area (Å²) in [4.78, 5) is 18.0. The van der Waals surface area contributed by atoms with E-state index in [0.717, 1.165) is 76.7 Å². The van der Waals surface area contributed by atoms with E-state index >= 15 is 0 Å². The molecule has 0 amide bonds. The van der Waals surface area contributed by atoms with Crippen LogP contribution in [-0.4, -0.2) is 73.3 Å². The van der Waals surface area contributed by atoms with E-state index in [9.17, 15) is 0 Å². The number of aliphatic imine (C=N–C) groups is 1. The lowest BCUT2D eigenvalue weighted by Gasteiger charge is -2.36. The van der Waals surface area contributed by atoms with Crippen LogP contribution in [0.4, 0.5) is 5.95 Å². The molecule has 7 nitrogen and oxygen atoms in total. The van der Waals surface area contributed by atoms with Crippen LogP contribution in [0.3, 0.4) is 0 Å². The van der Waals surface area contributed by atoms with E-state index in [0.29, 0.717) is 0 Å². The summed E-state index contributed by atoms with van der Waals surface area (Å²) >= 11 is 0. The first-order valence-electron chi connectivity index (χ1n) is 9.49. The predicted octanol–water partition coefficient (Wildman–Crippen LogP) is 1.38. The van der Waals surface area contributed by atoms with Gasteiger partial charge in [0.05, 0.1) is 0 Å². The molecule has 2 fully saturated rings. The number of anilines is 1. The Morgan fingerprint density at radius 1 is 1.24 bits per heavy atom. The van der Waals surface area contributed by atoms with Crippen molar-refractivity contribution in [2.75, 3.05) is 57.4 Å². The molecule has 0 radical (unpaired) electrons. The summed E-state index contributed by atoms with van der Waals surface area (Å²) in [6.45, 7) is 9.27. The third-order valence-electron chi connectivity index (χ3n) is 4.51. The minimum absolute atomic E-state index is 0.814. The van der Waals surface area contributed by atoms with Crippen molar-refractivity contribution in [2.45, 2.75) is 26.2 Å². The van der Waals surface area contributed by atoms with Crippen LogP contribution in [0.15, 0.2) is 23.5 Å². The summed E-state index contributed by atoms with van der Waals surface area (Å²) in [5.41, 5.74) is 0. The van der Waals surface area contributed by atoms with Crippen LogP contribution in [0.5, 0.6) is 0 Å². The molecular weight excluding hydrogens is 316 g/mol. The number of aromatic nitrogens is 2. The second kappa shape index (κ2) is 9.56. The van der Waals surface area contributed by atoms with Gasteiger partial charge in [-0.3, -0.25) is 4.99 Å². The van der Waals surface area contributed by atoms with Crippen molar-refractivity contribution >= 4 is 11.9 Å². The van der Waals surface area contributed by atoms with Crippen molar-refractivity contribution in [2.24, 2.45) is 10.9 Å². The molecule has 0 atom stereocenters. The zero-order valence-corrected chi connectivity index (χ0v) is 15.2. The quantitative estimate of drug-likeness (QED) is 0.436. The monoisotopic (exact) mass is 346 g/mol. The summed E-state index contributed by atoms with van der Waals surface area (Å²) in [6, 6.07) is 1.85. The van der Waals surface area contributed by atoms with Gasteiger partial charge >= 0.3 is 0 Å². The highest BCUT2D eigenvalue weighted by molar-refractivity contribution is 5.80. The van der Waals surface area contributed by atoms with Crippen molar-refractivity contribution in [3.63, 3.8) is 0 Å². The molecule has 25 heavy (non-hydrogen) atoms. The van der Waals surface area contributed by atoms with Gasteiger partial charge in [0.15, 0.2) is 5.96 Å². The highest BCUT2D eigenvalue weighted by Gasteiger charge is 2.21. The highest BCUT2D eigenvalue weighted by Crippen LogP contribution is 2.28. The summed E-state index contributed by atoms with van der Waals surface area (Å²) < 4.78 is 5.68. The number of rotatable bonds is 8. The summed E-state index contributed by atoms with van der Waals surface area (Å²) in [6.07, 6.45) is 7.28. The van der Waals surface area contributed by atoms with E-state index in [1.165, 1.54) is 12.8 Å². The maximum Gasteiger partial charge on any atom is 0.225 e. The molecule has 1 aliphatic carbocycles. The maximum atomic E-state index is 5.68. The van der Waals surface area contributed by atoms with Crippen LogP contribution in [0, 0.1) is 5.92 Å². The summed E-state index contributed by atoms with van der Waals surface area (Å²) in [7, 11) is 0. The molecule has 0 bridgehead atoms. The Morgan fingerprint density at radius 2 is 2.00 bits per heavy atom. The Labute approximate surface area is 150 Å². The fraction of sp³-hybridized carbons (Fsp3) is 0.722. The predicted molar refractivity (Wildman–Crippen MR) is 100.0 cm³/mol. The molecule has 7 heteroatoms. The third-order valence-corrected chi connectivity index (χ3v) is 4.51. The Morgan fingerprint density at radius 3 is 2.68 bits per heavy atom. The van der Waals surface area contributed by atoms with Crippen LogP contribution >= 0.6 is 0 Å². The molecule has 138 valence electrons. The van der Waals surface area contributed by atoms with Gasteiger partial charge < -0.3 is 19.9 Å². The van der Waals surface area contributed by atoms with E-state index in [4.69, 9.17) is 9.73 Å². The third kappa shape index (κ3) is 5.85. The lowest BCUT2D eigenvalue weighted by atomic mass is 10.3. The molecule has 0 aromatic carbocycles. The Kier molecular flexibility index (Phi) is 6.85. The van der Waals surface area contributed by atoms with Gasteiger partial charge in [0.25, 0.3) is 0 Å². The minimum atomic E-state index is 0.814. The number of hydrogen-bond donors (Lipinski definition) is 1. The molecule has 3 rings (SSSR count). The van der Waals surface area contributed by atoms with E-state index in [-0.39, 0.29) is 0 Å². The van der Waals surface area contributed by atoms with Crippen LogP contribution in [-0.2, 0) is 4.74 Å². The molecule has 0 unspecified atom stereocenters. The Balaban J connectivity index is 1.41. The van der Waals surface area contributed by atoms with Gasteiger partial charge in [-0.05, 0) is 38.2 Å². The largest absolute Gasteiger partial charge is 0.381 e.